The maximum atomic E-state index is 12.8. The molecule has 0 saturated heterocycles. The van der Waals surface area contributed by atoms with Crippen molar-refractivity contribution in [2.24, 2.45) is 11.8 Å². The zero-order chi connectivity index (χ0) is 20.8. The molecule has 1 aliphatic rings. The maximum absolute atomic E-state index is 12.8. The molecule has 1 amide bonds. The highest BCUT2D eigenvalue weighted by Crippen LogP contribution is 2.17. The average Bonchev–Trinajstić information content (AvgIpc) is 2.60. The van der Waals surface area contributed by atoms with Gasteiger partial charge in [0, 0.05) is 25.3 Å². The highest BCUT2D eigenvalue weighted by Gasteiger charge is 2.17. The summed E-state index contributed by atoms with van der Waals surface area (Å²) in [6.07, 6.45) is 15.4. The van der Waals surface area contributed by atoms with Crippen LogP contribution >= 0.6 is 0 Å². The van der Waals surface area contributed by atoms with E-state index in [4.69, 9.17) is 0 Å². The summed E-state index contributed by atoms with van der Waals surface area (Å²) in [4.78, 5) is 14.9. The van der Waals surface area contributed by atoms with Crippen LogP contribution in [0, 0.1) is 23.2 Å². The van der Waals surface area contributed by atoms with Crippen LogP contribution in [-0.2, 0) is 4.79 Å². The Kier molecular flexibility index (Phi) is 12.7. The van der Waals surface area contributed by atoms with Gasteiger partial charge < -0.3 is 10.2 Å². The summed E-state index contributed by atoms with van der Waals surface area (Å²) in [5.74, 6) is 0.783. The number of carbonyl (C=O) groups is 1. The van der Waals surface area contributed by atoms with Gasteiger partial charge in [-0.2, -0.15) is 5.26 Å². The minimum Gasteiger partial charge on any atom is -0.376 e. The molecule has 0 atom stereocenters. The number of amides is 1. The quantitative estimate of drug-likeness (QED) is 0.442. The lowest BCUT2D eigenvalue weighted by molar-refractivity contribution is -0.118. The molecule has 1 aliphatic carbocycles. The molecule has 0 bridgehead atoms. The summed E-state index contributed by atoms with van der Waals surface area (Å²) in [6, 6.07) is 2.35. The van der Waals surface area contributed by atoms with Crippen LogP contribution in [0.4, 0.5) is 0 Å². The third kappa shape index (κ3) is 11.4. The van der Waals surface area contributed by atoms with Gasteiger partial charge in [-0.25, -0.2) is 0 Å². The fourth-order valence-corrected chi connectivity index (χ4v) is 4.01. The molecular formula is C24H43N3O. The molecular weight excluding hydrogens is 346 g/mol. The predicted molar refractivity (Wildman–Crippen MR) is 118 cm³/mol. The van der Waals surface area contributed by atoms with Gasteiger partial charge in [-0.05, 0) is 24.7 Å². The minimum absolute atomic E-state index is 0.197. The molecule has 1 rings (SSSR count). The van der Waals surface area contributed by atoms with E-state index in [1.54, 1.807) is 6.20 Å². The molecule has 0 unspecified atom stereocenters. The first-order valence-corrected chi connectivity index (χ1v) is 11.6. The van der Waals surface area contributed by atoms with E-state index in [1.807, 2.05) is 0 Å². The average molecular weight is 390 g/mol. The molecule has 0 radical (unpaired) electrons. The summed E-state index contributed by atoms with van der Waals surface area (Å²) in [5.41, 5.74) is 0.243. The van der Waals surface area contributed by atoms with Gasteiger partial charge in [0.25, 0.3) is 5.91 Å². The first-order chi connectivity index (χ1) is 13.4. The standard InChI is InChI=1S/C24H43N3O/c1-20(2)17-27(18-21(3)4)19-22(16-25)24(28)26-23-14-12-10-8-6-5-7-9-11-13-15-23/h19-21,23H,5-15,17-18H2,1-4H3,(H,26,28)/b22-19-. The zero-order valence-electron chi connectivity index (χ0n) is 18.8. The van der Waals surface area contributed by atoms with Crippen LogP contribution in [-0.4, -0.2) is 29.9 Å². The van der Waals surface area contributed by atoms with E-state index in [0.29, 0.717) is 11.8 Å². The Morgan fingerprint density at radius 2 is 1.36 bits per heavy atom. The molecule has 1 N–H and O–H groups in total. The van der Waals surface area contributed by atoms with Gasteiger partial charge in [0.2, 0.25) is 0 Å². The van der Waals surface area contributed by atoms with Gasteiger partial charge in [0.1, 0.15) is 11.6 Å². The third-order valence-corrected chi connectivity index (χ3v) is 5.32. The maximum Gasteiger partial charge on any atom is 0.263 e. The molecule has 160 valence electrons. The minimum atomic E-state index is -0.197. The van der Waals surface area contributed by atoms with Crippen molar-refractivity contribution in [3.05, 3.63) is 11.8 Å². The van der Waals surface area contributed by atoms with Crippen LogP contribution in [0.1, 0.15) is 98.3 Å². The molecule has 1 saturated carbocycles. The lowest BCUT2D eigenvalue weighted by atomic mass is 9.97. The van der Waals surface area contributed by atoms with Crippen LogP contribution < -0.4 is 5.32 Å². The monoisotopic (exact) mass is 389 g/mol. The number of carbonyl (C=O) groups excluding carboxylic acids is 1. The number of nitriles is 1. The molecule has 0 spiro atoms. The second-order valence-electron chi connectivity index (χ2n) is 9.33. The Morgan fingerprint density at radius 3 is 1.75 bits per heavy atom. The molecule has 0 heterocycles. The molecule has 0 aliphatic heterocycles. The molecule has 28 heavy (non-hydrogen) atoms. The summed E-state index contributed by atoms with van der Waals surface area (Å²) >= 11 is 0. The Balaban J connectivity index is 2.72. The zero-order valence-corrected chi connectivity index (χ0v) is 18.8. The molecule has 0 aromatic carbocycles. The Labute approximate surface area is 173 Å². The van der Waals surface area contributed by atoms with Gasteiger partial charge in [-0.1, -0.05) is 85.5 Å². The van der Waals surface area contributed by atoms with Crippen LogP contribution in [0.3, 0.4) is 0 Å². The summed E-state index contributed by atoms with van der Waals surface area (Å²) in [7, 11) is 0. The highest BCUT2D eigenvalue weighted by molar-refractivity contribution is 5.97. The van der Waals surface area contributed by atoms with Gasteiger partial charge in [0.15, 0.2) is 0 Å². The van der Waals surface area contributed by atoms with Crippen molar-refractivity contribution in [3.63, 3.8) is 0 Å². The van der Waals surface area contributed by atoms with E-state index in [9.17, 15) is 10.1 Å². The summed E-state index contributed by atoms with van der Waals surface area (Å²) < 4.78 is 0. The van der Waals surface area contributed by atoms with Gasteiger partial charge in [0.05, 0.1) is 0 Å². The lowest BCUT2D eigenvalue weighted by Gasteiger charge is -2.25. The second kappa shape index (κ2) is 14.5. The highest BCUT2D eigenvalue weighted by atomic mass is 16.1. The van der Waals surface area contributed by atoms with E-state index in [1.165, 1.54) is 57.8 Å². The van der Waals surface area contributed by atoms with E-state index in [2.05, 4.69) is 44.0 Å². The van der Waals surface area contributed by atoms with Crippen molar-refractivity contribution in [2.75, 3.05) is 13.1 Å². The second-order valence-corrected chi connectivity index (χ2v) is 9.33. The number of hydrogen-bond donors (Lipinski definition) is 1. The SMILES string of the molecule is CC(C)CN(/C=C(/C#N)C(=O)NC1CCCCCCCCCCC1)CC(C)C. The van der Waals surface area contributed by atoms with Crippen molar-refractivity contribution in [3.8, 4) is 6.07 Å². The summed E-state index contributed by atoms with van der Waals surface area (Å²) in [6.45, 7) is 10.4. The Hall–Kier alpha value is -1.50. The van der Waals surface area contributed by atoms with Gasteiger partial charge in [-0.15, -0.1) is 0 Å². The first-order valence-electron chi connectivity index (χ1n) is 11.6. The van der Waals surface area contributed by atoms with Crippen molar-refractivity contribution in [1.29, 1.82) is 5.26 Å². The van der Waals surface area contributed by atoms with Crippen molar-refractivity contribution >= 4 is 5.91 Å². The van der Waals surface area contributed by atoms with E-state index in [0.717, 1.165) is 25.9 Å². The Morgan fingerprint density at radius 1 is 0.929 bits per heavy atom. The smallest absolute Gasteiger partial charge is 0.263 e. The van der Waals surface area contributed by atoms with Crippen molar-refractivity contribution in [1.82, 2.24) is 10.2 Å². The molecule has 1 fully saturated rings. The number of nitrogens with one attached hydrogen (secondary N) is 1. The van der Waals surface area contributed by atoms with E-state index in [-0.39, 0.29) is 17.5 Å². The van der Waals surface area contributed by atoms with Crippen LogP contribution in [0.15, 0.2) is 11.8 Å². The third-order valence-electron chi connectivity index (χ3n) is 5.32. The van der Waals surface area contributed by atoms with Crippen LogP contribution in [0.25, 0.3) is 0 Å². The van der Waals surface area contributed by atoms with Gasteiger partial charge >= 0.3 is 0 Å². The molecule has 4 nitrogen and oxygen atoms in total. The number of nitrogens with zero attached hydrogens (tertiary/aromatic N) is 2. The van der Waals surface area contributed by atoms with Crippen molar-refractivity contribution < 1.29 is 4.79 Å². The van der Waals surface area contributed by atoms with Crippen molar-refractivity contribution in [2.45, 2.75) is 104 Å². The molecule has 0 aromatic heterocycles. The molecule has 0 aromatic rings. The number of hydrogen-bond acceptors (Lipinski definition) is 3. The Bertz CT molecular complexity index is 482. The van der Waals surface area contributed by atoms with Crippen LogP contribution in [0.5, 0.6) is 0 Å². The number of rotatable bonds is 7. The largest absolute Gasteiger partial charge is 0.376 e. The topological polar surface area (TPSA) is 56.1 Å². The summed E-state index contributed by atoms with van der Waals surface area (Å²) in [5, 5.41) is 12.8. The predicted octanol–water partition coefficient (Wildman–Crippen LogP) is 5.80. The van der Waals surface area contributed by atoms with Crippen LogP contribution in [0.2, 0.25) is 0 Å². The van der Waals surface area contributed by atoms with Gasteiger partial charge in [-0.3, -0.25) is 4.79 Å². The van der Waals surface area contributed by atoms with E-state index < -0.39 is 0 Å². The lowest BCUT2D eigenvalue weighted by Crippen LogP contribution is -2.36. The molecule has 4 heteroatoms. The fourth-order valence-electron chi connectivity index (χ4n) is 4.01. The first kappa shape index (κ1) is 24.5. The normalized spacial score (nSPS) is 18.2. The van der Waals surface area contributed by atoms with E-state index >= 15 is 0 Å². The fraction of sp³-hybridized carbons (Fsp3) is 0.833.